The molecule has 0 aromatic carbocycles. The molecule has 0 saturated heterocycles. The molecule has 3 heteroatoms. The number of nitrogens with two attached hydrogens (primary N) is 1. The minimum absolute atomic E-state index is 0.0923. The molecule has 0 saturated carbocycles. The first kappa shape index (κ1) is 16.1. The molecule has 2 atom stereocenters. The summed E-state index contributed by atoms with van der Waals surface area (Å²) in [6, 6.07) is 0. The summed E-state index contributed by atoms with van der Waals surface area (Å²) in [4.78, 5) is 2.20. The Balaban J connectivity index is 1.99. The highest BCUT2D eigenvalue weighted by atomic mass is 15.3. The Labute approximate surface area is 118 Å². The van der Waals surface area contributed by atoms with Gasteiger partial charge in [0, 0.05) is 12.4 Å². The molecule has 0 bridgehead atoms. The van der Waals surface area contributed by atoms with Crippen LogP contribution in [0.15, 0.2) is 24.6 Å². The Morgan fingerprint density at radius 2 is 1.89 bits per heavy atom. The normalized spacial score (nSPS) is 20.2. The molecule has 0 aliphatic carbocycles. The second-order valence-electron chi connectivity index (χ2n) is 5.44. The van der Waals surface area contributed by atoms with Crippen LogP contribution < -0.4 is 11.1 Å². The molecule has 1 aliphatic heterocycles. The highest BCUT2D eigenvalue weighted by Crippen LogP contribution is 2.14. The van der Waals surface area contributed by atoms with Crippen molar-refractivity contribution in [2.24, 2.45) is 5.73 Å². The molecule has 2 unspecified atom stereocenters. The van der Waals surface area contributed by atoms with Crippen molar-refractivity contribution in [1.29, 1.82) is 0 Å². The van der Waals surface area contributed by atoms with E-state index < -0.39 is 0 Å². The fourth-order valence-electron chi connectivity index (χ4n) is 2.43. The SMILES string of the molecule is CCCCC/C=C/CCCCC1NC=CN1C(C)N. The van der Waals surface area contributed by atoms with E-state index in [-0.39, 0.29) is 6.17 Å². The summed E-state index contributed by atoms with van der Waals surface area (Å²) in [6.07, 6.45) is 19.4. The zero-order valence-corrected chi connectivity index (χ0v) is 12.6. The molecular weight excluding hydrogens is 234 g/mol. The molecule has 3 nitrogen and oxygen atoms in total. The average molecular weight is 265 g/mol. The third kappa shape index (κ3) is 6.67. The first-order chi connectivity index (χ1) is 9.25. The van der Waals surface area contributed by atoms with Crippen LogP contribution in [0.5, 0.6) is 0 Å². The van der Waals surface area contributed by atoms with Crippen LogP contribution in [0.3, 0.4) is 0 Å². The van der Waals surface area contributed by atoms with Crippen molar-refractivity contribution in [2.75, 3.05) is 0 Å². The lowest BCUT2D eigenvalue weighted by molar-refractivity contribution is 0.208. The number of unbranched alkanes of at least 4 members (excludes halogenated alkanes) is 5. The average Bonchev–Trinajstić information content (AvgIpc) is 2.85. The van der Waals surface area contributed by atoms with Crippen LogP contribution in [-0.4, -0.2) is 17.2 Å². The number of nitrogens with zero attached hydrogens (tertiary/aromatic N) is 1. The fourth-order valence-corrected chi connectivity index (χ4v) is 2.43. The van der Waals surface area contributed by atoms with Crippen molar-refractivity contribution < 1.29 is 0 Å². The van der Waals surface area contributed by atoms with Gasteiger partial charge in [0.05, 0.1) is 12.3 Å². The summed E-state index contributed by atoms with van der Waals surface area (Å²) in [6.45, 7) is 4.28. The summed E-state index contributed by atoms with van der Waals surface area (Å²) in [7, 11) is 0. The molecule has 110 valence electrons. The Hall–Kier alpha value is -0.960. The van der Waals surface area contributed by atoms with E-state index >= 15 is 0 Å². The van der Waals surface area contributed by atoms with E-state index in [1.807, 2.05) is 13.1 Å². The van der Waals surface area contributed by atoms with Crippen molar-refractivity contribution >= 4 is 0 Å². The highest BCUT2D eigenvalue weighted by Gasteiger charge is 2.19. The monoisotopic (exact) mass is 265 g/mol. The van der Waals surface area contributed by atoms with Crippen molar-refractivity contribution in [1.82, 2.24) is 10.2 Å². The smallest absolute Gasteiger partial charge is 0.0995 e. The molecule has 0 amide bonds. The maximum Gasteiger partial charge on any atom is 0.0995 e. The molecular formula is C16H31N3. The van der Waals surface area contributed by atoms with Crippen LogP contribution in [0.25, 0.3) is 0 Å². The van der Waals surface area contributed by atoms with Crippen LogP contribution in [0.4, 0.5) is 0 Å². The second kappa shape index (κ2) is 9.90. The first-order valence-corrected chi connectivity index (χ1v) is 7.86. The maximum atomic E-state index is 5.92. The molecule has 0 spiro atoms. The van der Waals surface area contributed by atoms with Gasteiger partial charge in [-0.05, 0) is 45.4 Å². The number of rotatable bonds is 10. The van der Waals surface area contributed by atoms with Gasteiger partial charge >= 0.3 is 0 Å². The van der Waals surface area contributed by atoms with Crippen LogP contribution in [0, 0.1) is 0 Å². The predicted octanol–water partition coefficient (Wildman–Crippen LogP) is 3.69. The van der Waals surface area contributed by atoms with E-state index in [4.69, 9.17) is 5.73 Å². The van der Waals surface area contributed by atoms with Crippen LogP contribution >= 0.6 is 0 Å². The van der Waals surface area contributed by atoms with Crippen LogP contribution in [0.1, 0.15) is 65.2 Å². The van der Waals surface area contributed by atoms with E-state index in [1.165, 1.54) is 44.9 Å². The van der Waals surface area contributed by atoms with Gasteiger partial charge in [0.15, 0.2) is 0 Å². The summed E-state index contributed by atoms with van der Waals surface area (Å²) < 4.78 is 0. The standard InChI is InChI=1S/C16H31N3/c1-3-4-5-6-7-8-9-10-11-12-16-18-13-14-19(16)15(2)17/h7-8,13-16,18H,3-6,9-12,17H2,1-2H3/b8-7+. The Morgan fingerprint density at radius 1 is 1.21 bits per heavy atom. The third-order valence-corrected chi connectivity index (χ3v) is 3.60. The zero-order valence-electron chi connectivity index (χ0n) is 12.6. The Bertz CT molecular complexity index is 271. The molecule has 19 heavy (non-hydrogen) atoms. The van der Waals surface area contributed by atoms with E-state index in [0.29, 0.717) is 6.17 Å². The summed E-state index contributed by atoms with van der Waals surface area (Å²) >= 11 is 0. The van der Waals surface area contributed by atoms with Gasteiger partial charge in [-0.2, -0.15) is 0 Å². The Morgan fingerprint density at radius 3 is 2.53 bits per heavy atom. The van der Waals surface area contributed by atoms with Crippen LogP contribution in [0.2, 0.25) is 0 Å². The lowest BCUT2D eigenvalue weighted by atomic mass is 10.1. The highest BCUT2D eigenvalue weighted by molar-refractivity contribution is 4.95. The van der Waals surface area contributed by atoms with Gasteiger partial charge in [-0.25, -0.2) is 0 Å². The lowest BCUT2D eigenvalue weighted by Gasteiger charge is -2.28. The molecule has 1 heterocycles. The van der Waals surface area contributed by atoms with Gasteiger partial charge in [-0.15, -0.1) is 0 Å². The molecule has 0 fully saturated rings. The lowest BCUT2D eigenvalue weighted by Crippen LogP contribution is -2.44. The van der Waals surface area contributed by atoms with Gasteiger partial charge in [0.25, 0.3) is 0 Å². The summed E-state index contributed by atoms with van der Waals surface area (Å²) in [5.74, 6) is 0. The maximum absolute atomic E-state index is 5.92. The molecule has 0 radical (unpaired) electrons. The third-order valence-electron chi connectivity index (χ3n) is 3.60. The molecule has 1 rings (SSSR count). The zero-order chi connectivity index (χ0) is 13.9. The minimum atomic E-state index is 0.0923. The van der Waals surface area contributed by atoms with Gasteiger partial charge in [-0.3, -0.25) is 0 Å². The molecule has 0 aromatic heterocycles. The van der Waals surface area contributed by atoms with Crippen molar-refractivity contribution in [3.05, 3.63) is 24.6 Å². The first-order valence-electron chi connectivity index (χ1n) is 7.86. The van der Waals surface area contributed by atoms with Crippen LogP contribution in [-0.2, 0) is 0 Å². The topological polar surface area (TPSA) is 41.3 Å². The van der Waals surface area contributed by atoms with Crippen molar-refractivity contribution in [2.45, 2.75) is 77.5 Å². The minimum Gasteiger partial charge on any atom is -0.370 e. The number of hydrogen-bond donors (Lipinski definition) is 2. The summed E-state index contributed by atoms with van der Waals surface area (Å²) in [5, 5.41) is 3.36. The Kier molecular flexibility index (Phi) is 8.39. The van der Waals surface area contributed by atoms with Gasteiger partial charge in [-0.1, -0.05) is 31.9 Å². The predicted molar refractivity (Wildman–Crippen MR) is 83.3 cm³/mol. The molecule has 1 aliphatic rings. The van der Waals surface area contributed by atoms with Gasteiger partial charge in [0.2, 0.25) is 0 Å². The van der Waals surface area contributed by atoms with E-state index in [1.54, 1.807) is 0 Å². The number of allylic oxidation sites excluding steroid dienone is 2. The van der Waals surface area contributed by atoms with Gasteiger partial charge in [0.1, 0.15) is 0 Å². The van der Waals surface area contributed by atoms with Crippen molar-refractivity contribution in [3.63, 3.8) is 0 Å². The fraction of sp³-hybridized carbons (Fsp3) is 0.750. The molecule has 3 N–H and O–H groups in total. The number of nitrogens with one attached hydrogen (secondary N) is 1. The number of hydrogen-bond acceptors (Lipinski definition) is 3. The van der Waals surface area contributed by atoms with E-state index in [2.05, 4.69) is 35.5 Å². The van der Waals surface area contributed by atoms with Gasteiger partial charge < -0.3 is 16.0 Å². The van der Waals surface area contributed by atoms with E-state index in [0.717, 1.165) is 6.42 Å². The largest absolute Gasteiger partial charge is 0.370 e. The second-order valence-corrected chi connectivity index (χ2v) is 5.44. The van der Waals surface area contributed by atoms with E-state index in [9.17, 15) is 0 Å². The van der Waals surface area contributed by atoms with Crippen molar-refractivity contribution in [3.8, 4) is 0 Å². The quantitative estimate of drug-likeness (QED) is 0.467. The molecule has 0 aromatic rings. The summed E-state index contributed by atoms with van der Waals surface area (Å²) in [5.41, 5.74) is 5.92.